The maximum absolute atomic E-state index is 12.2. The highest BCUT2D eigenvalue weighted by Crippen LogP contribution is 2.12. The predicted octanol–water partition coefficient (Wildman–Crippen LogP) is 0.640. The second-order valence-corrected chi connectivity index (χ2v) is 7.92. The summed E-state index contributed by atoms with van der Waals surface area (Å²) in [5.41, 5.74) is 0. The number of nitrogens with one attached hydrogen (secondary N) is 2. The van der Waals surface area contributed by atoms with E-state index in [0.29, 0.717) is 38.3 Å². The molecule has 0 aromatic heterocycles. The van der Waals surface area contributed by atoms with Crippen LogP contribution in [0.15, 0.2) is 0 Å². The lowest BCUT2D eigenvalue weighted by Gasteiger charge is -2.31. The molecular weight excluding hydrogens is 334 g/mol. The number of hydrogen-bond acceptors (Lipinski definition) is 5. The second-order valence-electron chi connectivity index (χ2n) is 7.92. The van der Waals surface area contributed by atoms with Gasteiger partial charge in [-0.15, -0.1) is 0 Å². The zero-order valence-corrected chi connectivity index (χ0v) is 16.7. The van der Waals surface area contributed by atoms with Crippen LogP contribution in [-0.4, -0.2) is 70.9 Å². The molecule has 1 fully saturated rings. The van der Waals surface area contributed by atoms with Crippen LogP contribution in [0.2, 0.25) is 0 Å². The highest BCUT2D eigenvalue weighted by Gasteiger charge is 2.33. The number of carbonyl (C=O) groups is 2. The third-order valence-corrected chi connectivity index (χ3v) is 4.65. The van der Waals surface area contributed by atoms with E-state index in [1.54, 1.807) is 6.92 Å². The summed E-state index contributed by atoms with van der Waals surface area (Å²) >= 11 is 0. The molecule has 2 amide bonds. The van der Waals surface area contributed by atoms with E-state index in [4.69, 9.17) is 0 Å². The van der Waals surface area contributed by atoms with Crippen molar-refractivity contribution in [1.82, 2.24) is 15.5 Å². The molecule has 1 heterocycles. The van der Waals surface area contributed by atoms with Crippen molar-refractivity contribution in [2.75, 3.05) is 19.6 Å². The molecule has 0 aliphatic carbocycles. The minimum atomic E-state index is -0.461. The van der Waals surface area contributed by atoms with Crippen LogP contribution in [-0.2, 0) is 9.59 Å². The largest absolute Gasteiger partial charge is 0.392 e. The number of amides is 2. The number of nitrogens with zero attached hydrogens (tertiary/aromatic N) is 1. The Morgan fingerprint density at radius 3 is 2.19 bits per heavy atom. The van der Waals surface area contributed by atoms with Crippen molar-refractivity contribution in [3.8, 4) is 0 Å². The Bertz CT molecular complexity index is 443. The monoisotopic (exact) mass is 371 g/mol. The fourth-order valence-corrected chi connectivity index (χ4v) is 3.26. The third-order valence-electron chi connectivity index (χ3n) is 4.65. The summed E-state index contributed by atoms with van der Waals surface area (Å²) in [5.74, 6) is 0.156. The van der Waals surface area contributed by atoms with E-state index in [9.17, 15) is 19.8 Å². The molecule has 1 rings (SSSR count). The number of piperazine rings is 1. The highest BCUT2D eigenvalue weighted by atomic mass is 16.3. The zero-order valence-electron chi connectivity index (χ0n) is 16.7. The topological polar surface area (TPSA) is 102 Å². The first-order valence-corrected chi connectivity index (χ1v) is 9.92. The molecule has 26 heavy (non-hydrogen) atoms. The summed E-state index contributed by atoms with van der Waals surface area (Å²) in [6, 6.07) is -0.881. The van der Waals surface area contributed by atoms with E-state index in [2.05, 4.69) is 15.5 Å². The van der Waals surface area contributed by atoms with E-state index in [1.165, 1.54) is 0 Å². The van der Waals surface area contributed by atoms with Gasteiger partial charge in [-0.05, 0) is 51.5 Å². The van der Waals surface area contributed by atoms with E-state index in [-0.39, 0.29) is 11.8 Å². The summed E-state index contributed by atoms with van der Waals surface area (Å²) in [6.45, 7) is 9.54. The molecule has 1 aliphatic heterocycles. The molecule has 7 nitrogen and oxygen atoms in total. The Morgan fingerprint density at radius 2 is 1.62 bits per heavy atom. The van der Waals surface area contributed by atoms with Gasteiger partial charge in [0.25, 0.3) is 0 Å². The third kappa shape index (κ3) is 8.47. The molecule has 4 atom stereocenters. The van der Waals surface area contributed by atoms with Crippen molar-refractivity contribution in [3.05, 3.63) is 0 Å². The van der Waals surface area contributed by atoms with Crippen molar-refractivity contribution in [1.29, 1.82) is 0 Å². The second kappa shape index (κ2) is 11.5. The number of carbonyl (C=O) groups excluding carboxylic acids is 2. The van der Waals surface area contributed by atoms with Crippen LogP contribution in [0.5, 0.6) is 0 Å². The molecule has 4 unspecified atom stereocenters. The molecule has 4 N–H and O–H groups in total. The van der Waals surface area contributed by atoms with E-state index >= 15 is 0 Å². The van der Waals surface area contributed by atoms with Crippen molar-refractivity contribution in [3.63, 3.8) is 0 Å². The molecule has 0 bridgehead atoms. The number of aliphatic hydroxyl groups excluding tert-OH is 2. The van der Waals surface area contributed by atoms with Crippen LogP contribution < -0.4 is 10.6 Å². The summed E-state index contributed by atoms with van der Waals surface area (Å²) < 4.78 is 0. The van der Waals surface area contributed by atoms with Crippen LogP contribution in [0.4, 0.5) is 0 Å². The fourth-order valence-electron chi connectivity index (χ4n) is 3.26. The Hall–Kier alpha value is -1.18. The van der Waals surface area contributed by atoms with E-state index < -0.39 is 24.3 Å². The van der Waals surface area contributed by atoms with Crippen LogP contribution in [0.25, 0.3) is 0 Å². The van der Waals surface area contributed by atoms with Crippen molar-refractivity contribution in [2.24, 2.45) is 5.92 Å². The standard InChI is InChI=1S/C19H37N3O4/c1-5-15(24)12-22(11-14(4)23)9-7-6-8-16-18(25)21-17(10-13(2)3)19(26)20-16/h13-17,23-24H,5-12H2,1-4H3,(H,20,26)(H,21,25). The highest BCUT2D eigenvalue weighted by molar-refractivity contribution is 5.96. The average molecular weight is 372 g/mol. The number of aliphatic hydroxyl groups is 2. The maximum Gasteiger partial charge on any atom is 0.243 e. The van der Waals surface area contributed by atoms with Gasteiger partial charge < -0.3 is 20.8 Å². The SMILES string of the molecule is CCC(O)CN(CCCCC1NC(=O)C(CC(C)C)NC1=O)CC(C)O. The first kappa shape index (κ1) is 22.9. The summed E-state index contributed by atoms with van der Waals surface area (Å²) in [4.78, 5) is 26.4. The van der Waals surface area contributed by atoms with Crippen molar-refractivity contribution in [2.45, 2.75) is 84.1 Å². The van der Waals surface area contributed by atoms with Gasteiger partial charge in [-0.1, -0.05) is 20.8 Å². The van der Waals surface area contributed by atoms with Gasteiger partial charge >= 0.3 is 0 Å². The molecule has 0 spiro atoms. The number of rotatable bonds is 12. The van der Waals surface area contributed by atoms with Gasteiger partial charge in [-0.3, -0.25) is 14.5 Å². The molecular formula is C19H37N3O4. The quantitative estimate of drug-likeness (QED) is 0.377. The molecule has 7 heteroatoms. The summed E-state index contributed by atoms with van der Waals surface area (Å²) in [6.07, 6.45) is 2.74. The van der Waals surface area contributed by atoms with Gasteiger partial charge in [0.15, 0.2) is 0 Å². The summed E-state index contributed by atoms with van der Waals surface area (Å²) in [5, 5.41) is 25.1. The molecule has 0 radical (unpaired) electrons. The normalized spacial score (nSPS) is 23.1. The first-order chi connectivity index (χ1) is 12.2. The zero-order chi connectivity index (χ0) is 19.7. The number of unbranched alkanes of at least 4 members (excludes halogenated alkanes) is 1. The van der Waals surface area contributed by atoms with Gasteiger partial charge in [0.05, 0.1) is 12.2 Å². The predicted molar refractivity (Wildman–Crippen MR) is 102 cm³/mol. The molecule has 0 aromatic carbocycles. The smallest absolute Gasteiger partial charge is 0.243 e. The van der Waals surface area contributed by atoms with Gasteiger partial charge in [0.2, 0.25) is 11.8 Å². The van der Waals surface area contributed by atoms with Gasteiger partial charge in [-0.25, -0.2) is 0 Å². The van der Waals surface area contributed by atoms with Gasteiger partial charge in [0, 0.05) is 13.1 Å². The van der Waals surface area contributed by atoms with Crippen LogP contribution >= 0.6 is 0 Å². The molecule has 1 aliphatic rings. The lowest BCUT2D eigenvalue weighted by molar-refractivity contribution is -0.137. The van der Waals surface area contributed by atoms with E-state index in [1.807, 2.05) is 20.8 Å². The van der Waals surface area contributed by atoms with Gasteiger partial charge in [0.1, 0.15) is 12.1 Å². The Kier molecular flexibility index (Phi) is 10.1. The lowest BCUT2D eigenvalue weighted by atomic mass is 9.98. The maximum atomic E-state index is 12.2. The van der Waals surface area contributed by atoms with Crippen molar-refractivity contribution >= 4 is 11.8 Å². The first-order valence-electron chi connectivity index (χ1n) is 9.92. The Morgan fingerprint density at radius 1 is 1.00 bits per heavy atom. The number of hydrogen-bond donors (Lipinski definition) is 4. The summed E-state index contributed by atoms with van der Waals surface area (Å²) in [7, 11) is 0. The lowest BCUT2D eigenvalue weighted by Crippen LogP contribution is -2.61. The van der Waals surface area contributed by atoms with Crippen LogP contribution in [0, 0.1) is 5.92 Å². The minimum Gasteiger partial charge on any atom is -0.392 e. The van der Waals surface area contributed by atoms with Gasteiger partial charge in [-0.2, -0.15) is 0 Å². The average Bonchev–Trinajstić information content (AvgIpc) is 2.54. The molecule has 0 saturated carbocycles. The Labute approximate surface area is 157 Å². The molecule has 1 saturated heterocycles. The molecule has 0 aromatic rings. The molecule has 152 valence electrons. The van der Waals surface area contributed by atoms with Crippen LogP contribution in [0.3, 0.4) is 0 Å². The van der Waals surface area contributed by atoms with E-state index in [0.717, 1.165) is 19.4 Å². The fraction of sp³-hybridized carbons (Fsp3) is 0.895. The Balaban J connectivity index is 2.37. The van der Waals surface area contributed by atoms with Crippen molar-refractivity contribution < 1.29 is 19.8 Å². The minimum absolute atomic E-state index is 0.0925. The van der Waals surface area contributed by atoms with Crippen LogP contribution in [0.1, 0.15) is 59.8 Å².